The van der Waals surface area contributed by atoms with E-state index in [1.807, 2.05) is 0 Å². The Morgan fingerprint density at radius 2 is 1.79 bits per heavy atom. The summed E-state index contributed by atoms with van der Waals surface area (Å²) in [4.78, 5) is 34.8. The van der Waals surface area contributed by atoms with Gasteiger partial charge in [-0.2, -0.15) is 0 Å². The largest absolute Gasteiger partial charge is 0.322 e. The summed E-state index contributed by atoms with van der Waals surface area (Å²) in [6.45, 7) is -0.132. The number of hydrogen-bond acceptors (Lipinski definition) is 4. The summed E-state index contributed by atoms with van der Waals surface area (Å²) >= 11 is 0. The minimum atomic E-state index is -0.808. The van der Waals surface area contributed by atoms with Crippen LogP contribution in [0.4, 0.5) is 0 Å². The normalized spacial score (nSPS) is 24.5. The Kier molecular flexibility index (Phi) is 1.81. The molecule has 2 rings (SSSR count). The molecule has 0 radical (unpaired) electrons. The maximum atomic E-state index is 11.6. The van der Waals surface area contributed by atoms with E-state index in [1.165, 1.54) is 4.90 Å². The van der Waals surface area contributed by atoms with Crippen molar-refractivity contribution < 1.29 is 14.4 Å². The molecule has 0 unspecified atom stereocenters. The molecule has 0 aromatic rings. The van der Waals surface area contributed by atoms with E-state index in [4.69, 9.17) is 5.73 Å². The average molecular weight is 197 g/mol. The van der Waals surface area contributed by atoms with Crippen molar-refractivity contribution in [2.45, 2.75) is 18.4 Å². The summed E-state index contributed by atoms with van der Waals surface area (Å²) in [6.07, 6.45) is 1.27. The van der Waals surface area contributed by atoms with Crippen LogP contribution >= 0.6 is 0 Å². The average Bonchev–Trinajstić information content (AvgIpc) is 2.82. The van der Waals surface area contributed by atoms with E-state index in [1.54, 1.807) is 0 Å². The lowest BCUT2D eigenvalue weighted by Crippen LogP contribution is -2.57. The van der Waals surface area contributed by atoms with Crippen molar-refractivity contribution >= 4 is 17.7 Å². The number of amides is 3. The van der Waals surface area contributed by atoms with Crippen molar-refractivity contribution in [2.24, 2.45) is 5.73 Å². The molecule has 3 N–H and O–H groups in total. The number of nitrogens with two attached hydrogens (primary N) is 1. The van der Waals surface area contributed by atoms with E-state index in [0.717, 1.165) is 0 Å². The van der Waals surface area contributed by atoms with Gasteiger partial charge in [-0.1, -0.05) is 0 Å². The summed E-state index contributed by atoms with van der Waals surface area (Å²) in [5.41, 5.74) is 4.87. The first kappa shape index (κ1) is 9.14. The summed E-state index contributed by atoms with van der Waals surface area (Å²) < 4.78 is 0. The van der Waals surface area contributed by atoms with Crippen LogP contribution in [0.1, 0.15) is 12.8 Å². The monoisotopic (exact) mass is 197 g/mol. The van der Waals surface area contributed by atoms with E-state index in [2.05, 4.69) is 5.32 Å². The van der Waals surface area contributed by atoms with Crippen LogP contribution in [0.5, 0.6) is 0 Å². The lowest BCUT2D eigenvalue weighted by atomic mass is 10.2. The minimum absolute atomic E-state index is 0.0659. The van der Waals surface area contributed by atoms with Gasteiger partial charge in [-0.25, -0.2) is 0 Å². The molecule has 1 saturated carbocycles. The summed E-state index contributed by atoms with van der Waals surface area (Å²) in [7, 11) is 0. The first-order valence-electron chi connectivity index (χ1n) is 4.42. The van der Waals surface area contributed by atoms with Crippen molar-refractivity contribution in [1.29, 1.82) is 0 Å². The third kappa shape index (κ3) is 1.48. The van der Waals surface area contributed by atoms with Crippen molar-refractivity contribution in [3.05, 3.63) is 0 Å². The molecule has 0 aromatic heterocycles. The topological polar surface area (TPSA) is 92.5 Å². The highest BCUT2D eigenvalue weighted by Crippen LogP contribution is 2.34. The molecular formula is C8H11N3O3. The van der Waals surface area contributed by atoms with Gasteiger partial charge < -0.3 is 10.6 Å². The van der Waals surface area contributed by atoms with E-state index in [-0.39, 0.29) is 19.0 Å². The smallest absolute Gasteiger partial charge is 0.246 e. The lowest BCUT2D eigenvalue weighted by molar-refractivity contribution is -0.146. The van der Waals surface area contributed by atoms with Crippen LogP contribution in [0.25, 0.3) is 0 Å². The predicted octanol–water partition coefficient (Wildman–Crippen LogP) is -2.04. The molecular weight excluding hydrogens is 186 g/mol. The minimum Gasteiger partial charge on any atom is -0.322 e. The Morgan fingerprint density at radius 3 is 2.21 bits per heavy atom. The van der Waals surface area contributed by atoms with Gasteiger partial charge in [0.25, 0.3) is 0 Å². The number of carbonyl (C=O) groups excluding carboxylic acids is 3. The molecule has 2 aliphatic rings. The van der Waals surface area contributed by atoms with Crippen molar-refractivity contribution in [1.82, 2.24) is 10.2 Å². The second kappa shape index (κ2) is 2.78. The van der Waals surface area contributed by atoms with Crippen LogP contribution < -0.4 is 11.1 Å². The Hall–Kier alpha value is -1.43. The maximum absolute atomic E-state index is 11.6. The molecule has 14 heavy (non-hydrogen) atoms. The van der Waals surface area contributed by atoms with Gasteiger partial charge in [0.2, 0.25) is 17.7 Å². The van der Waals surface area contributed by atoms with Gasteiger partial charge in [0.15, 0.2) is 0 Å². The Balaban J connectivity index is 2.07. The Labute approximate surface area is 80.4 Å². The predicted molar refractivity (Wildman–Crippen MR) is 45.9 cm³/mol. The van der Waals surface area contributed by atoms with E-state index >= 15 is 0 Å². The molecule has 6 heteroatoms. The quantitative estimate of drug-likeness (QED) is 0.474. The molecule has 1 saturated heterocycles. The highest BCUT2D eigenvalue weighted by molar-refractivity contribution is 6.04. The standard InChI is InChI=1S/C8H11N3O3/c9-8(1-2-8)7(14)11-3-5(12)10-6(13)4-11/h1-4,9H2,(H,10,12,13). The van der Waals surface area contributed by atoms with Gasteiger partial charge >= 0.3 is 0 Å². The number of carbonyl (C=O) groups is 3. The summed E-state index contributed by atoms with van der Waals surface area (Å²) in [6, 6.07) is 0. The van der Waals surface area contributed by atoms with Crippen LogP contribution in [0.15, 0.2) is 0 Å². The molecule has 0 atom stereocenters. The molecule has 76 valence electrons. The second-order valence-electron chi connectivity index (χ2n) is 3.79. The van der Waals surface area contributed by atoms with Crippen molar-refractivity contribution in [3.8, 4) is 0 Å². The number of nitrogens with one attached hydrogen (secondary N) is 1. The van der Waals surface area contributed by atoms with Gasteiger partial charge in [0, 0.05) is 0 Å². The summed E-state index contributed by atoms with van der Waals surface area (Å²) in [5, 5.41) is 2.12. The first-order chi connectivity index (χ1) is 6.51. The van der Waals surface area contributed by atoms with Crippen LogP contribution in [0.2, 0.25) is 0 Å². The van der Waals surface area contributed by atoms with E-state index < -0.39 is 17.4 Å². The van der Waals surface area contributed by atoms with E-state index in [0.29, 0.717) is 12.8 Å². The van der Waals surface area contributed by atoms with Crippen LogP contribution in [-0.2, 0) is 14.4 Å². The Bertz CT molecular complexity index is 306. The van der Waals surface area contributed by atoms with Gasteiger partial charge in [-0.15, -0.1) is 0 Å². The Morgan fingerprint density at radius 1 is 1.29 bits per heavy atom. The second-order valence-corrected chi connectivity index (χ2v) is 3.79. The fourth-order valence-corrected chi connectivity index (χ4v) is 1.44. The van der Waals surface area contributed by atoms with Gasteiger partial charge in [0.05, 0.1) is 5.54 Å². The molecule has 2 fully saturated rings. The number of nitrogens with zero attached hydrogens (tertiary/aromatic N) is 1. The van der Waals surface area contributed by atoms with Crippen LogP contribution in [-0.4, -0.2) is 41.2 Å². The molecule has 0 bridgehead atoms. The molecule has 1 aliphatic heterocycles. The number of imide groups is 1. The zero-order valence-corrected chi connectivity index (χ0v) is 7.58. The third-order valence-electron chi connectivity index (χ3n) is 2.45. The number of hydrogen-bond donors (Lipinski definition) is 2. The van der Waals surface area contributed by atoms with Gasteiger partial charge in [-0.3, -0.25) is 19.7 Å². The fourth-order valence-electron chi connectivity index (χ4n) is 1.44. The molecule has 1 heterocycles. The zero-order chi connectivity index (χ0) is 10.3. The maximum Gasteiger partial charge on any atom is 0.246 e. The third-order valence-corrected chi connectivity index (χ3v) is 2.45. The number of rotatable bonds is 1. The molecule has 6 nitrogen and oxygen atoms in total. The lowest BCUT2D eigenvalue weighted by Gasteiger charge is -2.27. The van der Waals surface area contributed by atoms with Gasteiger partial charge in [-0.05, 0) is 12.8 Å². The van der Waals surface area contributed by atoms with Crippen molar-refractivity contribution in [2.75, 3.05) is 13.1 Å². The van der Waals surface area contributed by atoms with E-state index in [9.17, 15) is 14.4 Å². The molecule has 3 amide bonds. The van der Waals surface area contributed by atoms with Crippen LogP contribution in [0.3, 0.4) is 0 Å². The fraction of sp³-hybridized carbons (Fsp3) is 0.625. The highest BCUT2D eigenvalue weighted by atomic mass is 16.2. The van der Waals surface area contributed by atoms with Crippen molar-refractivity contribution in [3.63, 3.8) is 0 Å². The molecule has 0 spiro atoms. The SMILES string of the molecule is NC1(C(=O)N2CC(=O)NC(=O)C2)CC1. The van der Waals surface area contributed by atoms with Gasteiger partial charge in [0.1, 0.15) is 13.1 Å². The summed E-state index contributed by atoms with van der Waals surface area (Å²) in [5.74, 6) is -1.18. The number of piperazine rings is 1. The zero-order valence-electron chi connectivity index (χ0n) is 7.58. The molecule has 0 aromatic carbocycles. The van der Waals surface area contributed by atoms with Crippen LogP contribution in [0, 0.1) is 0 Å². The molecule has 1 aliphatic carbocycles. The highest BCUT2D eigenvalue weighted by Gasteiger charge is 2.49. The first-order valence-corrected chi connectivity index (χ1v) is 4.42.